The molecule has 0 aliphatic carbocycles. The number of halogens is 1. The number of nitrogens with one attached hydrogen (secondary N) is 3. The molecule has 30 heavy (non-hydrogen) atoms. The van der Waals surface area contributed by atoms with Gasteiger partial charge in [-0.05, 0) is 43.4 Å². The summed E-state index contributed by atoms with van der Waals surface area (Å²) < 4.78 is 2.97. The molecule has 4 aromatic rings. The van der Waals surface area contributed by atoms with Crippen molar-refractivity contribution in [2.45, 2.75) is 13.3 Å². The number of amides is 1. The molecule has 4 rings (SSSR count). The van der Waals surface area contributed by atoms with Crippen molar-refractivity contribution >= 4 is 61.2 Å². The third-order valence-electron chi connectivity index (χ3n) is 4.39. The smallest absolute Gasteiger partial charge is 0.244 e. The van der Waals surface area contributed by atoms with E-state index in [1.807, 2.05) is 71.4 Å². The molecular weight excluding hydrogens is 482 g/mol. The van der Waals surface area contributed by atoms with Crippen LogP contribution in [0.1, 0.15) is 11.3 Å². The molecule has 0 fully saturated rings. The number of benzene rings is 2. The molecule has 0 atom stereocenters. The van der Waals surface area contributed by atoms with Crippen LogP contribution in [0.15, 0.2) is 64.6 Å². The molecule has 2 aromatic carbocycles. The van der Waals surface area contributed by atoms with E-state index in [9.17, 15) is 4.79 Å². The minimum absolute atomic E-state index is 0.193. The lowest BCUT2D eigenvalue weighted by Crippen LogP contribution is -2.44. The fourth-order valence-corrected chi connectivity index (χ4v) is 4.16. The summed E-state index contributed by atoms with van der Waals surface area (Å²) in [4.78, 5) is 17.9. The first-order valence-electron chi connectivity index (χ1n) is 9.12. The normalized spacial score (nSPS) is 10.7. The largest absolute Gasteiger partial charge is 0.331 e. The summed E-state index contributed by atoms with van der Waals surface area (Å²) in [6.45, 7) is 2.02. The maximum Gasteiger partial charge on any atom is 0.244 e. The van der Waals surface area contributed by atoms with Gasteiger partial charge in [-0.1, -0.05) is 45.8 Å². The van der Waals surface area contributed by atoms with E-state index in [2.05, 4.69) is 37.1 Å². The summed E-state index contributed by atoms with van der Waals surface area (Å²) in [5.41, 5.74) is 10.2. The molecule has 0 aliphatic heterocycles. The number of thiazole rings is 1. The van der Waals surface area contributed by atoms with Crippen molar-refractivity contribution in [1.29, 1.82) is 0 Å². The first-order valence-corrected chi connectivity index (χ1v) is 11.2. The Morgan fingerprint density at radius 3 is 2.60 bits per heavy atom. The summed E-state index contributed by atoms with van der Waals surface area (Å²) in [6.07, 6.45) is 2.16. The van der Waals surface area contributed by atoms with Crippen LogP contribution in [0.4, 0.5) is 5.69 Å². The number of aromatic nitrogens is 2. The number of carbonyl (C=O) groups excluding carboxylic acids is 1. The van der Waals surface area contributed by atoms with Gasteiger partial charge in [0, 0.05) is 33.0 Å². The van der Waals surface area contributed by atoms with Gasteiger partial charge in [0.1, 0.15) is 0 Å². The zero-order valence-corrected chi connectivity index (χ0v) is 19.2. The van der Waals surface area contributed by atoms with Gasteiger partial charge in [0.2, 0.25) is 5.91 Å². The zero-order valence-electron chi connectivity index (χ0n) is 16.0. The number of rotatable bonds is 4. The van der Waals surface area contributed by atoms with Crippen molar-refractivity contribution in [2.24, 2.45) is 0 Å². The quantitative estimate of drug-likeness (QED) is 0.280. The number of hydrazine groups is 1. The SMILES string of the molecule is Cc1ccc(NC(=S)NNC(=O)Cc2csc3nc(-c4ccc(Br)cc4)cn23)cc1. The van der Waals surface area contributed by atoms with Gasteiger partial charge < -0.3 is 5.32 Å². The summed E-state index contributed by atoms with van der Waals surface area (Å²) >= 11 is 10.2. The average molecular weight is 500 g/mol. The standard InChI is InChI=1S/C21H18BrN5OS2/c1-13-2-8-16(9-3-13)23-20(29)26-25-19(28)10-17-12-30-21-24-18(11-27(17)21)14-4-6-15(22)7-5-14/h2-9,11-12H,10H2,1H3,(H,25,28)(H2,23,26,29). The van der Waals surface area contributed by atoms with Gasteiger partial charge in [-0.3, -0.25) is 20.0 Å². The van der Waals surface area contributed by atoms with Gasteiger partial charge in [0.25, 0.3) is 0 Å². The summed E-state index contributed by atoms with van der Waals surface area (Å²) in [5, 5.41) is 5.29. The molecule has 3 N–H and O–H groups in total. The van der Waals surface area contributed by atoms with Crippen molar-refractivity contribution in [3.63, 3.8) is 0 Å². The highest BCUT2D eigenvalue weighted by Crippen LogP contribution is 2.25. The molecule has 0 saturated heterocycles. The molecule has 0 aliphatic rings. The number of thiocarbonyl (C=S) groups is 1. The van der Waals surface area contributed by atoms with Crippen LogP contribution in [0.5, 0.6) is 0 Å². The number of carbonyl (C=O) groups is 1. The van der Waals surface area contributed by atoms with Crippen molar-refractivity contribution < 1.29 is 4.79 Å². The van der Waals surface area contributed by atoms with E-state index in [0.717, 1.165) is 37.6 Å². The maximum atomic E-state index is 12.4. The van der Waals surface area contributed by atoms with Gasteiger partial charge in [-0.2, -0.15) is 0 Å². The van der Waals surface area contributed by atoms with E-state index >= 15 is 0 Å². The second kappa shape index (κ2) is 8.95. The average Bonchev–Trinajstić information content (AvgIpc) is 3.31. The molecule has 2 aromatic heterocycles. The van der Waals surface area contributed by atoms with E-state index in [0.29, 0.717) is 5.11 Å². The van der Waals surface area contributed by atoms with Crippen LogP contribution in [0.3, 0.4) is 0 Å². The minimum Gasteiger partial charge on any atom is -0.331 e. The van der Waals surface area contributed by atoms with Crippen molar-refractivity contribution in [3.8, 4) is 11.3 Å². The molecule has 152 valence electrons. The topological polar surface area (TPSA) is 70.5 Å². The van der Waals surface area contributed by atoms with Crippen molar-refractivity contribution in [3.05, 3.63) is 75.8 Å². The molecule has 0 saturated carbocycles. The number of nitrogens with zero attached hydrogens (tertiary/aromatic N) is 2. The maximum absolute atomic E-state index is 12.4. The van der Waals surface area contributed by atoms with Crippen molar-refractivity contribution in [1.82, 2.24) is 20.2 Å². The number of aryl methyl sites for hydroxylation is 1. The third-order valence-corrected chi connectivity index (χ3v) is 6.01. The van der Waals surface area contributed by atoms with Gasteiger partial charge in [-0.15, -0.1) is 11.3 Å². The Morgan fingerprint density at radius 2 is 1.87 bits per heavy atom. The van der Waals surface area contributed by atoms with Crippen LogP contribution in [-0.4, -0.2) is 20.4 Å². The van der Waals surface area contributed by atoms with Gasteiger partial charge in [0.05, 0.1) is 12.1 Å². The van der Waals surface area contributed by atoms with Gasteiger partial charge in [0.15, 0.2) is 10.1 Å². The second-order valence-electron chi connectivity index (χ2n) is 6.68. The highest BCUT2D eigenvalue weighted by molar-refractivity contribution is 9.10. The second-order valence-corrected chi connectivity index (χ2v) is 8.84. The minimum atomic E-state index is -0.193. The number of hydrogen-bond donors (Lipinski definition) is 3. The molecule has 2 heterocycles. The molecular formula is C21H18BrN5OS2. The molecule has 1 amide bonds. The third kappa shape index (κ3) is 4.86. The highest BCUT2D eigenvalue weighted by atomic mass is 79.9. The molecule has 9 heteroatoms. The number of hydrogen-bond acceptors (Lipinski definition) is 4. The Hall–Kier alpha value is -2.75. The van der Waals surface area contributed by atoms with Crippen LogP contribution in [0, 0.1) is 6.92 Å². The Kier molecular flexibility index (Phi) is 6.12. The Morgan fingerprint density at radius 1 is 1.13 bits per heavy atom. The molecule has 0 bridgehead atoms. The number of anilines is 1. The van der Waals surface area contributed by atoms with Crippen LogP contribution >= 0.6 is 39.5 Å². The van der Waals surface area contributed by atoms with E-state index < -0.39 is 0 Å². The predicted molar refractivity (Wildman–Crippen MR) is 129 cm³/mol. The summed E-state index contributed by atoms with van der Waals surface area (Å²) in [6, 6.07) is 15.8. The van der Waals surface area contributed by atoms with Crippen LogP contribution < -0.4 is 16.2 Å². The Balaban J connectivity index is 1.36. The first kappa shape index (κ1) is 20.5. The summed E-state index contributed by atoms with van der Waals surface area (Å²) in [5.74, 6) is -0.193. The Labute approximate surface area is 191 Å². The fourth-order valence-electron chi connectivity index (χ4n) is 2.85. The van der Waals surface area contributed by atoms with E-state index in [1.165, 1.54) is 11.3 Å². The lowest BCUT2D eigenvalue weighted by atomic mass is 10.2. The lowest BCUT2D eigenvalue weighted by molar-refractivity contribution is -0.121. The molecule has 0 unspecified atom stereocenters. The Bertz CT molecular complexity index is 1200. The van der Waals surface area contributed by atoms with Crippen LogP contribution in [0.25, 0.3) is 16.2 Å². The molecule has 6 nitrogen and oxygen atoms in total. The van der Waals surface area contributed by atoms with E-state index in [1.54, 1.807) is 0 Å². The van der Waals surface area contributed by atoms with Gasteiger partial charge in [-0.25, -0.2) is 4.98 Å². The lowest BCUT2D eigenvalue weighted by Gasteiger charge is -2.11. The number of imidazole rings is 1. The highest BCUT2D eigenvalue weighted by Gasteiger charge is 2.13. The first-order chi connectivity index (χ1) is 14.5. The zero-order chi connectivity index (χ0) is 21.1. The fraction of sp³-hybridized carbons (Fsp3) is 0.0952. The van der Waals surface area contributed by atoms with E-state index in [4.69, 9.17) is 12.2 Å². The van der Waals surface area contributed by atoms with E-state index in [-0.39, 0.29) is 12.3 Å². The monoisotopic (exact) mass is 499 g/mol. The predicted octanol–water partition coefficient (Wildman–Crippen LogP) is 4.69. The summed E-state index contributed by atoms with van der Waals surface area (Å²) in [7, 11) is 0. The van der Waals surface area contributed by atoms with Crippen LogP contribution in [-0.2, 0) is 11.2 Å². The molecule has 0 radical (unpaired) electrons. The number of fused-ring (bicyclic) bond motifs is 1. The van der Waals surface area contributed by atoms with Crippen LogP contribution in [0.2, 0.25) is 0 Å². The molecule has 0 spiro atoms. The van der Waals surface area contributed by atoms with Crippen molar-refractivity contribution in [2.75, 3.05) is 5.32 Å². The van der Waals surface area contributed by atoms with Gasteiger partial charge >= 0.3 is 0 Å².